The highest BCUT2D eigenvalue weighted by Gasteiger charge is 2.36. The molecule has 0 spiro atoms. The number of benzene rings is 1. The molecule has 0 aliphatic carbocycles. The van der Waals surface area contributed by atoms with Crippen LogP contribution in [0.2, 0.25) is 0 Å². The number of rotatable bonds is 4. The van der Waals surface area contributed by atoms with E-state index in [9.17, 15) is 20.3 Å². The van der Waals surface area contributed by atoms with Gasteiger partial charge in [-0.2, -0.15) is 0 Å². The molecule has 110 valence electrons. The van der Waals surface area contributed by atoms with Crippen LogP contribution in [0.15, 0.2) is 24.3 Å². The van der Waals surface area contributed by atoms with Crippen molar-refractivity contribution in [3.63, 3.8) is 0 Å². The fourth-order valence-corrected chi connectivity index (χ4v) is 2.03. The van der Waals surface area contributed by atoms with Gasteiger partial charge in [-0.1, -0.05) is 0 Å². The summed E-state index contributed by atoms with van der Waals surface area (Å²) < 4.78 is 5.39. The van der Waals surface area contributed by atoms with E-state index in [-0.39, 0.29) is 18.7 Å². The van der Waals surface area contributed by atoms with Gasteiger partial charge in [-0.05, 0) is 12.1 Å². The van der Waals surface area contributed by atoms with Crippen molar-refractivity contribution in [3.05, 3.63) is 34.4 Å². The Morgan fingerprint density at radius 3 is 2.55 bits per heavy atom. The number of nitrogens with zero attached hydrogens (tertiary/aromatic N) is 1. The average Bonchev–Trinajstić information content (AvgIpc) is 2.44. The first-order valence-electron chi connectivity index (χ1n) is 6.14. The molecular weight excluding hydrogens is 268 g/mol. The van der Waals surface area contributed by atoms with Crippen molar-refractivity contribution in [2.24, 2.45) is 0 Å². The largest absolute Gasteiger partial charge is 0.394 e. The highest BCUT2D eigenvalue weighted by atomic mass is 16.6. The Morgan fingerprint density at radius 1 is 1.35 bits per heavy atom. The lowest BCUT2D eigenvalue weighted by atomic mass is 10.0. The van der Waals surface area contributed by atoms with Crippen molar-refractivity contribution in [2.75, 3.05) is 11.9 Å². The van der Waals surface area contributed by atoms with E-state index in [1.165, 1.54) is 24.3 Å². The van der Waals surface area contributed by atoms with Crippen LogP contribution in [0, 0.1) is 10.1 Å². The standard InChI is InChI=1S/C12H16N2O6/c15-6-9-5-10(16)11(17)12(20-9)13-7-1-3-8(4-2-7)14(18)19/h1-4,9-13,15-17H,5-6H2. The van der Waals surface area contributed by atoms with Gasteiger partial charge < -0.3 is 25.4 Å². The van der Waals surface area contributed by atoms with Crippen LogP contribution >= 0.6 is 0 Å². The van der Waals surface area contributed by atoms with Crippen LogP contribution in [0.3, 0.4) is 0 Å². The predicted molar refractivity (Wildman–Crippen MR) is 69.1 cm³/mol. The Balaban J connectivity index is 2.05. The van der Waals surface area contributed by atoms with Gasteiger partial charge in [-0.15, -0.1) is 0 Å². The lowest BCUT2D eigenvalue weighted by molar-refractivity contribution is -0.384. The van der Waals surface area contributed by atoms with Crippen molar-refractivity contribution in [3.8, 4) is 0 Å². The van der Waals surface area contributed by atoms with Crippen molar-refractivity contribution >= 4 is 11.4 Å². The zero-order valence-electron chi connectivity index (χ0n) is 10.5. The number of anilines is 1. The Kier molecular flexibility index (Phi) is 4.50. The molecule has 1 aromatic carbocycles. The summed E-state index contributed by atoms with van der Waals surface area (Å²) in [5.74, 6) is 0. The molecule has 20 heavy (non-hydrogen) atoms. The molecule has 4 atom stereocenters. The molecule has 1 aromatic rings. The highest BCUT2D eigenvalue weighted by Crippen LogP contribution is 2.23. The van der Waals surface area contributed by atoms with Crippen molar-refractivity contribution in [2.45, 2.75) is 31.0 Å². The molecule has 0 bridgehead atoms. The number of nitrogens with one attached hydrogen (secondary N) is 1. The molecule has 4 N–H and O–H groups in total. The number of ether oxygens (including phenoxy) is 1. The van der Waals surface area contributed by atoms with Crippen LogP contribution < -0.4 is 5.32 Å². The van der Waals surface area contributed by atoms with Crippen LogP contribution in [0.1, 0.15) is 6.42 Å². The van der Waals surface area contributed by atoms with Crippen LogP contribution in [-0.4, -0.2) is 51.4 Å². The summed E-state index contributed by atoms with van der Waals surface area (Å²) in [5.41, 5.74) is 0.458. The summed E-state index contributed by atoms with van der Waals surface area (Å²) >= 11 is 0. The maximum absolute atomic E-state index is 10.5. The third-order valence-electron chi connectivity index (χ3n) is 3.14. The first-order chi connectivity index (χ1) is 9.51. The van der Waals surface area contributed by atoms with E-state index in [2.05, 4.69) is 5.32 Å². The average molecular weight is 284 g/mol. The Hall–Kier alpha value is -1.74. The number of non-ortho nitro benzene ring substituents is 1. The number of aliphatic hydroxyl groups excluding tert-OH is 3. The minimum atomic E-state index is -1.15. The second-order valence-corrected chi connectivity index (χ2v) is 4.60. The number of nitro benzene ring substituents is 1. The molecule has 1 aliphatic rings. The first-order valence-corrected chi connectivity index (χ1v) is 6.14. The minimum Gasteiger partial charge on any atom is -0.394 e. The van der Waals surface area contributed by atoms with Gasteiger partial charge >= 0.3 is 0 Å². The molecule has 0 radical (unpaired) electrons. The van der Waals surface area contributed by atoms with Gasteiger partial charge in [-0.25, -0.2) is 0 Å². The Morgan fingerprint density at radius 2 is 2.00 bits per heavy atom. The van der Waals surface area contributed by atoms with E-state index in [4.69, 9.17) is 9.84 Å². The molecule has 1 saturated heterocycles. The van der Waals surface area contributed by atoms with E-state index < -0.39 is 29.5 Å². The van der Waals surface area contributed by atoms with Gasteiger partial charge in [-0.3, -0.25) is 10.1 Å². The van der Waals surface area contributed by atoms with Crippen molar-refractivity contribution < 1.29 is 25.0 Å². The summed E-state index contributed by atoms with van der Waals surface area (Å²) in [5, 5.41) is 41.9. The third kappa shape index (κ3) is 3.23. The van der Waals surface area contributed by atoms with Crippen LogP contribution in [0.25, 0.3) is 0 Å². The molecule has 0 saturated carbocycles. The first kappa shape index (κ1) is 14.7. The summed E-state index contributed by atoms with van der Waals surface area (Å²) in [6, 6.07) is 5.58. The second-order valence-electron chi connectivity index (χ2n) is 4.60. The van der Waals surface area contributed by atoms with E-state index in [0.29, 0.717) is 5.69 Å². The zero-order valence-corrected chi connectivity index (χ0v) is 10.5. The molecule has 1 aliphatic heterocycles. The van der Waals surface area contributed by atoms with Crippen LogP contribution in [0.5, 0.6) is 0 Å². The van der Waals surface area contributed by atoms with E-state index in [1.807, 2.05) is 0 Å². The van der Waals surface area contributed by atoms with Gasteiger partial charge in [0.1, 0.15) is 6.10 Å². The quantitative estimate of drug-likeness (QED) is 0.447. The molecular formula is C12H16N2O6. The third-order valence-corrected chi connectivity index (χ3v) is 3.14. The van der Waals surface area contributed by atoms with E-state index >= 15 is 0 Å². The van der Waals surface area contributed by atoms with Gasteiger partial charge in [0.2, 0.25) is 0 Å². The summed E-state index contributed by atoms with van der Waals surface area (Å²) in [6.45, 7) is -0.262. The molecule has 1 heterocycles. The summed E-state index contributed by atoms with van der Waals surface area (Å²) in [7, 11) is 0. The van der Waals surface area contributed by atoms with Gasteiger partial charge in [0, 0.05) is 24.2 Å². The maximum atomic E-state index is 10.5. The molecule has 0 aromatic heterocycles. The van der Waals surface area contributed by atoms with Crippen LogP contribution in [-0.2, 0) is 4.74 Å². The molecule has 1 fully saturated rings. The number of aliphatic hydroxyl groups is 3. The fraction of sp³-hybridized carbons (Fsp3) is 0.500. The smallest absolute Gasteiger partial charge is 0.269 e. The van der Waals surface area contributed by atoms with Crippen molar-refractivity contribution in [1.82, 2.24) is 0 Å². The number of hydrogen-bond acceptors (Lipinski definition) is 7. The van der Waals surface area contributed by atoms with E-state index in [0.717, 1.165) is 0 Å². The number of hydrogen-bond donors (Lipinski definition) is 4. The van der Waals surface area contributed by atoms with Gasteiger partial charge in [0.05, 0.1) is 23.7 Å². The molecule has 2 rings (SSSR count). The normalized spacial score (nSPS) is 29.9. The molecule has 0 amide bonds. The highest BCUT2D eigenvalue weighted by molar-refractivity contribution is 5.49. The molecule has 4 unspecified atom stereocenters. The monoisotopic (exact) mass is 284 g/mol. The number of nitro groups is 1. The zero-order chi connectivity index (χ0) is 14.7. The summed E-state index contributed by atoms with van der Waals surface area (Å²) in [4.78, 5) is 10.0. The Labute approximate surface area is 114 Å². The predicted octanol–water partition coefficient (Wildman–Crippen LogP) is -0.164. The topological polar surface area (TPSA) is 125 Å². The van der Waals surface area contributed by atoms with E-state index in [1.54, 1.807) is 0 Å². The maximum Gasteiger partial charge on any atom is 0.269 e. The Bertz CT molecular complexity index is 466. The lowest BCUT2D eigenvalue weighted by Crippen LogP contribution is -2.52. The SMILES string of the molecule is O=[N+]([O-])c1ccc(NC2OC(CO)CC(O)C2O)cc1. The van der Waals surface area contributed by atoms with Gasteiger partial charge in [0.15, 0.2) is 6.23 Å². The second kappa shape index (κ2) is 6.14. The molecule has 8 heteroatoms. The minimum absolute atomic E-state index is 0.0473. The summed E-state index contributed by atoms with van der Waals surface area (Å²) in [6.07, 6.45) is -3.46. The lowest BCUT2D eigenvalue weighted by Gasteiger charge is -2.37. The van der Waals surface area contributed by atoms with Crippen molar-refractivity contribution in [1.29, 1.82) is 0 Å². The van der Waals surface area contributed by atoms with Gasteiger partial charge in [0.25, 0.3) is 5.69 Å². The molecule has 8 nitrogen and oxygen atoms in total. The van der Waals surface area contributed by atoms with Crippen LogP contribution in [0.4, 0.5) is 11.4 Å². The fourth-order valence-electron chi connectivity index (χ4n) is 2.03.